The van der Waals surface area contributed by atoms with Gasteiger partial charge in [-0.25, -0.2) is 4.98 Å². The maximum Gasteiger partial charge on any atom is 0.130 e. The average molecular weight is 155 g/mol. The van der Waals surface area contributed by atoms with E-state index in [0.717, 1.165) is 11.4 Å². The van der Waals surface area contributed by atoms with E-state index in [9.17, 15) is 4.79 Å². The van der Waals surface area contributed by atoms with E-state index in [1.54, 1.807) is 24.5 Å². The highest BCUT2D eigenvalue weighted by atomic mass is 32.1. The number of thiazole rings is 1. The van der Waals surface area contributed by atoms with Gasteiger partial charge in [0.05, 0.1) is 5.01 Å². The summed E-state index contributed by atoms with van der Waals surface area (Å²) in [5.74, 6) is 0.232. The summed E-state index contributed by atoms with van der Waals surface area (Å²) in [7, 11) is 0. The first kappa shape index (κ1) is 7.41. The summed E-state index contributed by atoms with van der Waals surface area (Å²) in [5.41, 5.74) is 0. The predicted molar refractivity (Wildman–Crippen MR) is 41.1 cm³/mol. The molecule has 0 atom stereocenters. The van der Waals surface area contributed by atoms with Crippen LogP contribution in [0.5, 0.6) is 0 Å². The molecule has 1 aromatic rings. The van der Waals surface area contributed by atoms with Crippen molar-refractivity contribution in [2.24, 2.45) is 0 Å². The number of rotatable bonds is 3. The molecule has 0 aliphatic heterocycles. The minimum atomic E-state index is 0.232. The van der Waals surface area contributed by atoms with E-state index in [2.05, 4.69) is 4.98 Å². The maximum absolute atomic E-state index is 10.5. The maximum atomic E-state index is 10.5. The number of nitrogens with zero attached hydrogens (tertiary/aromatic N) is 1. The Morgan fingerprint density at radius 3 is 3.10 bits per heavy atom. The van der Waals surface area contributed by atoms with E-state index < -0.39 is 0 Å². The molecule has 0 aliphatic rings. The Balaban J connectivity index is 2.35. The van der Waals surface area contributed by atoms with Gasteiger partial charge in [-0.1, -0.05) is 0 Å². The van der Waals surface area contributed by atoms with Crippen molar-refractivity contribution in [2.75, 3.05) is 0 Å². The Labute approximate surface area is 63.9 Å². The van der Waals surface area contributed by atoms with Crippen LogP contribution in [-0.2, 0) is 11.2 Å². The number of Topliss-reactive ketones (excluding diaryl/α,β-unsaturated/α-hetero) is 1. The fourth-order valence-corrected chi connectivity index (χ4v) is 1.28. The Kier molecular flexibility index (Phi) is 2.57. The van der Waals surface area contributed by atoms with Crippen molar-refractivity contribution in [2.45, 2.75) is 19.8 Å². The third-order valence-corrected chi connectivity index (χ3v) is 2.01. The number of aromatic nitrogens is 1. The third-order valence-electron chi connectivity index (χ3n) is 1.17. The molecule has 2 nitrogen and oxygen atoms in total. The summed E-state index contributed by atoms with van der Waals surface area (Å²) in [6.45, 7) is 1.60. The molecule has 10 heavy (non-hydrogen) atoms. The second kappa shape index (κ2) is 3.46. The Bertz CT molecular complexity index is 205. The highest BCUT2D eigenvalue weighted by Crippen LogP contribution is 2.06. The number of aryl methyl sites for hydroxylation is 1. The van der Waals surface area contributed by atoms with Crippen LogP contribution in [0.3, 0.4) is 0 Å². The Morgan fingerprint density at radius 1 is 1.80 bits per heavy atom. The molecule has 0 saturated carbocycles. The van der Waals surface area contributed by atoms with Crippen LogP contribution >= 0.6 is 11.3 Å². The van der Waals surface area contributed by atoms with Crippen molar-refractivity contribution >= 4 is 17.1 Å². The zero-order chi connectivity index (χ0) is 7.40. The van der Waals surface area contributed by atoms with E-state index in [0.29, 0.717) is 6.42 Å². The lowest BCUT2D eigenvalue weighted by molar-refractivity contribution is -0.116. The summed E-state index contributed by atoms with van der Waals surface area (Å²) >= 11 is 1.60. The first-order valence-electron chi connectivity index (χ1n) is 3.17. The molecule has 1 heterocycles. The first-order valence-corrected chi connectivity index (χ1v) is 4.05. The van der Waals surface area contributed by atoms with Crippen LogP contribution in [0.25, 0.3) is 0 Å². The molecule has 0 fully saturated rings. The Hall–Kier alpha value is -0.700. The molecular weight excluding hydrogens is 146 g/mol. The molecule has 54 valence electrons. The fraction of sp³-hybridized carbons (Fsp3) is 0.429. The van der Waals surface area contributed by atoms with Crippen LogP contribution in [0.15, 0.2) is 11.6 Å². The van der Waals surface area contributed by atoms with Crippen LogP contribution in [0.2, 0.25) is 0 Å². The van der Waals surface area contributed by atoms with Gasteiger partial charge in [-0.3, -0.25) is 0 Å². The molecule has 0 aliphatic carbocycles. The van der Waals surface area contributed by atoms with Gasteiger partial charge in [-0.2, -0.15) is 0 Å². The monoisotopic (exact) mass is 155 g/mol. The quantitative estimate of drug-likeness (QED) is 0.664. The SMILES string of the molecule is CC(=O)CCc1nccs1. The van der Waals surface area contributed by atoms with E-state index in [1.807, 2.05) is 5.38 Å². The molecule has 0 amide bonds. The molecule has 0 unspecified atom stereocenters. The fourth-order valence-electron chi connectivity index (χ4n) is 0.659. The van der Waals surface area contributed by atoms with Gasteiger partial charge in [-0.15, -0.1) is 11.3 Å². The molecule has 0 spiro atoms. The van der Waals surface area contributed by atoms with Crippen LogP contribution in [0.1, 0.15) is 18.4 Å². The smallest absolute Gasteiger partial charge is 0.130 e. The molecule has 1 aromatic heterocycles. The topological polar surface area (TPSA) is 30.0 Å². The normalized spacial score (nSPS) is 9.70. The number of hydrogen-bond donors (Lipinski definition) is 0. The third kappa shape index (κ3) is 2.27. The summed E-state index contributed by atoms with van der Waals surface area (Å²) < 4.78 is 0. The summed E-state index contributed by atoms with van der Waals surface area (Å²) in [6.07, 6.45) is 3.18. The van der Waals surface area contributed by atoms with Gasteiger partial charge in [-0.05, 0) is 6.92 Å². The van der Waals surface area contributed by atoms with E-state index in [1.165, 1.54) is 0 Å². The van der Waals surface area contributed by atoms with Crippen molar-refractivity contribution in [1.29, 1.82) is 0 Å². The van der Waals surface area contributed by atoms with E-state index in [-0.39, 0.29) is 5.78 Å². The molecule has 0 radical (unpaired) electrons. The van der Waals surface area contributed by atoms with Gasteiger partial charge in [0.15, 0.2) is 0 Å². The van der Waals surface area contributed by atoms with Crippen molar-refractivity contribution in [3.8, 4) is 0 Å². The van der Waals surface area contributed by atoms with Crippen LogP contribution in [-0.4, -0.2) is 10.8 Å². The summed E-state index contributed by atoms with van der Waals surface area (Å²) in [4.78, 5) is 14.6. The van der Waals surface area contributed by atoms with Gasteiger partial charge in [0, 0.05) is 24.4 Å². The minimum absolute atomic E-state index is 0.232. The van der Waals surface area contributed by atoms with Crippen molar-refractivity contribution in [3.63, 3.8) is 0 Å². The lowest BCUT2D eigenvalue weighted by atomic mass is 10.2. The van der Waals surface area contributed by atoms with Gasteiger partial charge in [0.1, 0.15) is 5.78 Å². The van der Waals surface area contributed by atoms with E-state index >= 15 is 0 Å². The molecule has 0 aromatic carbocycles. The molecule has 1 rings (SSSR count). The molecule has 0 saturated heterocycles. The minimum Gasteiger partial charge on any atom is -0.300 e. The van der Waals surface area contributed by atoms with E-state index in [4.69, 9.17) is 0 Å². The second-order valence-corrected chi connectivity index (χ2v) is 3.11. The van der Waals surface area contributed by atoms with Crippen molar-refractivity contribution < 1.29 is 4.79 Å². The lowest BCUT2D eigenvalue weighted by Gasteiger charge is -1.89. The molecule has 3 heteroatoms. The summed E-state index contributed by atoms with van der Waals surface area (Å²) in [5, 5.41) is 2.98. The van der Waals surface area contributed by atoms with Crippen molar-refractivity contribution in [3.05, 3.63) is 16.6 Å². The lowest BCUT2D eigenvalue weighted by Crippen LogP contribution is -1.92. The van der Waals surface area contributed by atoms with Crippen LogP contribution in [0.4, 0.5) is 0 Å². The summed E-state index contributed by atoms with van der Waals surface area (Å²) in [6, 6.07) is 0. The molecule has 0 N–H and O–H groups in total. The molecular formula is C7H9NOS. The van der Waals surface area contributed by atoms with Gasteiger partial charge in [0.25, 0.3) is 0 Å². The van der Waals surface area contributed by atoms with Gasteiger partial charge < -0.3 is 4.79 Å². The number of carbonyl (C=O) groups is 1. The highest BCUT2D eigenvalue weighted by Gasteiger charge is 1.97. The highest BCUT2D eigenvalue weighted by molar-refractivity contribution is 7.09. The van der Waals surface area contributed by atoms with Crippen molar-refractivity contribution in [1.82, 2.24) is 4.98 Å². The van der Waals surface area contributed by atoms with Crippen LogP contribution in [0, 0.1) is 0 Å². The number of hydrogen-bond acceptors (Lipinski definition) is 3. The van der Waals surface area contributed by atoms with Gasteiger partial charge >= 0.3 is 0 Å². The standard InChI is InChI=1S/C7H9NOS/c1-6(9)2-3-7-8-4-5-10-7/h4-5H,2-3H2,1H3. The average Bonchev–Trinajstić information content (AvgIpc) is 2.34. The Morgan fingerprint density at radius 2 is 2.60 bits per heavy atom. The predicted octanol–water partition coefficient (Wildman–Crippen LogP) is 1.66. The number of carbonyl (C=O) groups excluding carboxylic acids is 1. The second-order valence-electron chi connectivity index (χ2n) is 2.13. The largest absolute Gasteiger partial charge is 0.300 e. The van der Waals surface area contributed by atoms with Gasteiger partial charge in [0.2, 0.25) is 0 Å². The van der Waals surface area contributed by atoms with Crippen LogP contribution < -0.4 is 0 Å². The number of ketones is 1. The first-order chi connectivity index (χ1) is 4.79. The zero-order valence-corrected chi connectivity index (χ0v) is 6.65. The zero-order valence-electron chi connectivity index (χ0n) is 5.83. The molecule has 0 bridgehead atoms.